The fraction of sp³-hybridized carbons (Fsp3) is 0.238. The van der Waals surface area contributed by atoms with E-state index in [2.05, 4.69) is 5.32 Å². The number of hydrogen-bond acceptors (Lipinski definition) is 5. The van der Waals surface area contributed by atoms with E-state index in [-0.39, 0.29) is 5.76 Å². The third kappa shape index (κ3) is 3.82. The highest BCUT2D eigenvalue weighted by Gasteiger charge is 2.25. The Morgan fingerprint density at radius 3 is 2.57 bits per heavy atom. The summed E-state index contributed by atoms with van der Waals surface area (Å²) in [5, 5.41) is 4.05. The molecule has 0 spiro atoms. The van der Waals surface area contributed by atoms with Gasteiger partial charge in [0.15, 0.2) is 6.10 Å². The molecule has 6 nitrogen and oxygen atoms in total. The predicted octanol–water partition coefficient (Wildman–Crippen LogP) is 4.90. The highest BCUT2D eigenvalue weighted by atomic mass is 35.5. The van der Waals surface area contributed by atoms with Crippen LogP contribution >= 0.6 is 11.6 Å². The van der Waals surface area contributed by atoms with Crippen LogP contribution in [0.15, 0.2) is 40.8 Å². The first kappa shape index (κ1) is 19.8. The van der Waals surface area contributed by atoms with Crippen molar-refractivity contribution in [3.05, 3.63) is 58.3 Å². The lowest BCUT2D eigenvalue weighted by molar-refractivity contribution is -0.123. The smallest absolute Gasteiger partial charge is 0.375 e. The molecule has 7 heteroatoms. The van der Waals surface area contributed by atoms with Crippen LogP contribution in [0.1, 0.15) is 28.6 Å². The Hall–Kier alpha value is -2.99. The molecule has 1 atom stereocenters. The van der Waals surface area contributed by atoms with E-state index in [4.69, 9.17) is 25.5 Å². The summed E-state index contributed by atoms with van der Waals surface area (Å²) in [6.07, 6.45) is -1.04. The average Bonchev–Trinajstić information content (AvgIpc) is 3.01. The molecule has 0 aliphatic heterocycles. The zero-order chi connectivity index (χ0) is 20.4. The number of aryl methyl sites for hydroxylation is 2. The van der Waals surface area contributed by atoms with Gasteiger partial charge >= 0.3 is 5.97 Å². The summed E-state index contributed by atoms with van der Waals surface area (Å²) in [5.74, 6) is -0.700. The lowest BCUT2D eigenvalue weighted by Gasteiger charge is -2.16. The minimum atomic E-state index is -1.04. The Balaban J connectivity index is 1.74. The highest BCUT2D eigenvalue weighted by molar-refractivity contribution is 6.31. The third-order valence-electron chi connectivity index (χ3n) is 4.42. The first-order valence-corrected chi connectivity index (χ1v) is 9.03. The molecule has 0 fully saturated rings. The van der Waals surface area contributed by atoms with Gasteiger partial charge < -0.3 is 19.2 Å². The van der Waals surface area contributed by atoms with Crippen molar-refractivity contribution in [1.82, 2.24) is 0 Å². The topological polar surface area (TPSA) is 77.8 Å². The van der Waals surface area contributed by atoms with E-state index in [0.717, 1.165) is 10.9 Å². The number of benzene rings is 2. The monoisotopic (exact) mass is 401 g/mol. The number of carbonyl (C=O) groups is 2. The normalized spacial score (nSPS) is 11.9. The molecule has 1 N–H and O–H groups in total. The quantitative estimate of drug-likeness (QED) is 0.615. The molecule has 28 heavy (non-hydrogen) atoms. The highest BCUT2D eigenvalue weighted by Crippen LogP contribution is 2.31. The number of ether oxygens (including phenoxy) is 2. The van der Waals surface area contributed by atoms with E-state index >= 15 is 0 Å². The Kier molecular flexibility index (Phi) is 5.61. The van der Waals surface area contributed by atoms with Crippen LogP contribution in [-0.4, -0.2) is 25.1 Å². The van der Waals surface area contributed by atoms with Gasteiger partial charge in [0, 0.05) is 22.0 Å². The molecule has 0 saturated carbocycles. The molecule has 0 saturated heterocycles. The fourth-order valence-electron chi connectivity index (χ4n) is 2.80. The minimum Gasteiger partial charge on any atom is -0.495 e. The number of esters is 1. The molecule has 1 heterocycles. The molecule has 2 aromatic carbocycles. The lowest BCUT2D eigenvalue weighted by Crippen LogP contribution is -2.30. The van der Waals surface area contributed by atoms with Crippen LogP contribution in [-0.2, 0) is 9.53 Å². The predicted molar refractivity (Wildman–Crippen MR) is 107 cm³/mol. The Labute approximate surface area is 167 Å². The molecule has 1 aromatic heterocycles. The molecular weight excluding hydrogens is 382 g/mol. The maximum atomic E-state index is 12.5. The average molecular weight is 402 g/mol. The van der Waals surface area contributed by atoms with Gasteiger partial charge in [-0.05, 0) is 38.5 Å². The molecule has 0 radical (unpaired) electrons. The van der Waals surface area contributed by atoms with E-state index in [1.165, 1.54) is 14.0 Å². The van der Waals surface area contributed by atoms with Crippen molar-refractivity contribution >= 4 is 40.1 Å². The summed E-state index contributed by atoms with van der Waals surface area (Å²) in [6.45, 7) is 5.07. The summed E-state index contributed by atoms with van der Waals surface area (Å²) in [7, 11) is 1.48. The number of nitrogens with one attached hydrogen (secondary N) is 1. The van der Waals surface area contributed by atoms with Crippen LogP contribution in [0.3, 0.4) is 0 Å². The Morgan fingerprint density at radius 2 is 1.89 bits per heavy atom. The lowest BCUT2D eigenvalue weighted by atomic mass is 10.1. The minimum absolute atomic E-state index is 0.0840. The summed E-state index contributed by atoms with van der Waals surface area (Å²) in [5.41, 5.74) is 2.48. The van der Waals surface area contributed by atoms with Crippen LogP contribution in [0, 0.1) is 13.8 Å². The molecule has 0 aliphatic rings. The van der Waals surface area contributed by atoms with Gasteiger partial charge in [0.1, 0.15) is 11.3 Å². The standard InChI is InChI=1S/C21H20ClNO5/c1-11-9-16(18(26-4)10-15(11)22)23-20(24)13(3)27-21(25)19-12(2)14-7-5-6-8-17(14)28-19/h5-10,13H,1-4H3,(H,23,24). The number of fused-ring (bicyclic) bond motifs is 1. The third-order valence-corrected chi connectivity index (χ3v) is 4.83. The summed E-state index contributed by atoms with van der Waals surface area (Å²) in [6, 6.07) is 10.6. The van der Waals surface area contributed by atoms with Crippen molar-refractivity contribution in [3.8, 4) is 5.75 Å². The van der Waals surface area contributed by atoms with Gasteiger partial charge in [-0.1, -0.05) is 29.8 Å². The molecule has 3 rings (SSSR count). The van der Waals surface area contributed by atoms with Crippen LogP contribution < -0.4 is 10.1 Å². The van der Waals surface area contributed by atoms with Gasteiger partial charge in [0.2, 0.25) is 5.76 Å². The van der Waals surface area contributed by atoms with Crippen LogP contribution in [0.4, 0.5) is 5.69 Å². The van der Waals surface area contributed by atoms with E-state index in [1.807, 2.05) is 25.1 Å². The maximum absolute atomic E-state index is 12.5. The SMILES string of the molecule is COc1cc(Cl)c(C)cc1NC(=O)C(C)OC(=O)c1oc2ccccc2c1C. The number of rotatable bonds is 5. The van der Waals surface area contributed by atoms with Gasteiger partial charge in [-0.25, -0.2) is 4.79 Å². The number of para-hydroxylation sites is 1. The van der Waals surface area contributed by atoms with Crippen molar-refractivity contribution < 1.29 is 23.5 Å². The van der Waals surface area contributed by atoms with Crippen LogP contribution in [0.2, 0.25) is 5.02 Å². The number of amides is 1. The molecule has 3 aromatic rings. The second-order valence-electron chi connectivity index (χ2n) is 6.39. The van der Waals surface area contributed by atoms with E-state index in [1.54, 1.807) is 25.1 Å². The molecule has 0 bridgehead atoms. The van der Waals surface area contributed by atoms with Gasteiger partial charge in [0.05, 0.1) is 12.8 Å². The first-order chi connectivity index (χ1) is 13.3. The Bertz CT molecular complexity index is 1060. The molecule has 146 valence electrons. The molecule has 1 amide bonds. The molecular formula is C21H20ClNO5. The van der Waals surface area contributed by atoms with Crippen LogP contribution in [0.25, 0.3) is 11.0 Å². The zero-order valence-corrected chi connectivity index (χ0v) is 16.7. The van der Waals surface area contributed by atoms with E-state index in [9.17, 15) is 9.59 Å². The summed E-state index contributed by atoms with van der Waals surface area (Å²) >= 11 is 6.08. The van der Waals surface area contributed by atoms with Crippen LogP contribution in [0.5, 0.6) is 5.75 Å². The number of hydrogen-bond donors (Lipinski definition) is 1. The first-order valence-electron chi connectivity index (χ1n) is 8.66. The van der Waals surface area contributed by atoms with Crippen molar-refractivity contribution in [2.45, 2.75) is 26.9 Å². The summed E-state index contributed by atoms with van der Waals surface area (Å²) < 4.78 is 16.1. The maximum Gasteiger partial charge on any atom is 0.375 e. The number of methoxy groups -OCH3 is 1. The van der Waals surface area contributed by atoms with Gasteiger partial charge in [-0.2, -0.15) is 0 Å². The second kappa shape index (κ2) is 7.94. The van der Waals surface area contributed by atoms with E-state index in [0.29, 0.717) is 27.6 Å². The largest absolute Gasteiger partial charge is 0.495 e. The van der Waals surface area contributed by atoms with Crippen molar-refractivity contribution in [2.24, 2.45) is 0 Å². The number of anilines is 1. The van der Waals surface area contributed by atoms with Crippen molar-refractivity contribution in [1.29, 1.82) is 0 Å². The van der Waals surface area contributed by atoms with Gasteiger partial charge in [-0.15, -0.1) is 0 Å². The molecule has 1 unspecified atom stereocenters. The van der Waals surface area contributed by atoms with Crippen molar-refractivity contribution in [3.63, 3.8) is 0 Å². The second-order valence-corrected chi connectivity index (χ2v) is 6.80. The van der Waals surface area contributed by atoms with Crippen molar-refractivity contribution in [2.75, 3.05) is 12.4 Å². The Morgan fingerprint density at radius 1 is 1.18 bits per heavy atom. The number of furan rings is 1. The van der Waals surface area contributed by atoms with Gasteiger partial charge in [0.25, 0.3) is 5.91 Å². The number of carbonyl (C=O) groups excluding carboxylic acids is 2. The summed E-state index contributed by atoms with van der Waals surface area (Å²) in [4.78, 5) is 25.0. The zero-order valence-electron chi connectivity index (χ0n) is 16.0. The van der Waals surface area contributed by atoms with E-state index < -0.39 is 18.0 Å². The van der Waals surface area contributed by atoms with Gasteiger partial charge in [-0.3, -0.25) is 4.79 Å². The number of halogens is 1. The fourth-order valence-corrected chi connectivity index (χ4v) is 2.95. The molecule has 0 aliphatic carbocycles.